The molecule has 13 nitrogen and oxygen atoms in total. The van der Waals surface area contributed by atoms with Crippen LogP contribution in [0.4, 0.5) is 16.2 Å². The molecule has 0 radical (unpaired) electrons. The van der Waals surface area contributed by atoms with Gasteiger partial charge in [-0.1, -0.05) is 47.8 Å². The van der Waals surface area contributed by atoms with Crippen LogP contribution in [-0.4, -0.2) is 81.9 Å². The molecule has 15 heteroatoms. The van der Waals surface area contributed by atoms with Gasteiger partial charge in [-0.05, 0) is 87.7 Å². The topological polar surface area (TPSA) is 171 Å². The third-order valence-corrected chi connectivity index (χ3v) is 9.03. The van der Waals surface area contributed by atoms with Crippen molar-refractivity contribution in [2.24, 2.45) is 0 Å². The highest BCUT2D eigenvalue weighted by molar-refractivity contribution is 6.39. The third kappa shape index (κ3) is 10.4. The minimum absolute atomic E-state index is 0.0223. The van der Waals surface area contributed by atoms with Gasteiger partial charge in [-0.15, -0.1) is 0 Å². The largest absolute Gasteiger partial charge is 0.395 e. The van der Waals surface area contributed by atoms with E-state index >= 15 is 0 Å². The van der Waals surface area contributed by atoms with E-state index in [1.54, 1.807) is 25.1 Å². The molecule has 4 amide bonds. The molecule has 4 aromatic rings. The first-order chi connectivity index (χ1) is 25.1. The van der Waals surface area contributed by atoms with E-state index in [-0.39, 0.29) is 52.4 Å². The molecule has 274 valence electrons. The Morgan fingerprint density at radius 3 is 2.31 bits per heavy atom. The van der Waals surface area contributed by atoms with Gasteiger partial charge in [0.15, 0.2) is 0 Å². The maximum Gasteiger partial charge on any atom is 0.323 e. The van der Waals surface area contributed by atoms with Gasteiger partial charge in [0.1, 0.15) is 5.69 Å². The van der Waals surface area contributed by atoms with Crippen molar-refractivity contribution in [3.05, 3.63) is 92.5 Å². The number of unbranched alkanes of at least 4 members (excludes halogenated alkanes) is 2. The van der Waals surface area contributed by atoms with Crippen LogP contribution < -0.4 is 26.8 Å². The summed E-state index contributed by atoms with van der Waals surface area (Å²) in [5.41, 5.74) is 2.74. The Labute approximate surface area is 311 Å². The molecule has 5 rings (SSSR count). The number of hydrogen-bond donors (Lipinski definition) is 5. The number of carbonyl (C=O) groups is 3. The lowest BCUT2D eigenvalue weighted by Crippen LogP contribution is -2.29. The fourth-order valence-corrected chi connectivity index (χ4v) is 5.92. The number of hydrogen-bond acceptors (Lipinski definition) is 8. The predicted octanol–water partition coefficient (Wildman–Crippen LogP) is 5.66. The van der Waals surface area contributed by atoms with Gasteiger partial charge in [0.2, 0.25) is 0 Å². The summed E-state index contributed by atoms with van der Waals surface area (Å²) in [5, 5.41) is 25.0. The van der Waals surface area contributed by atoms with E-state index in [1.165, 1.54) is 23.1 Å². The number of aryl methyl sites for hydroxylation is 1. The number of likely N-dealkylation sites (N-methyl/N-ethyl adjacent to an activating group) is 1. The lowest BCUT2D eigenvalue weighted by Gasteiger charge is -2.15. The summed E-state index contributed by atoms with van der Waals surface area (Å²) in [6.45, 7) is 4.11. The summed E-state index contributed by atoms with van der Waals surface area (Å²) in [7, 11) is 1.96. The Kier molecular flexibility index (Phi) is 13.4. The van der Waals surface area contributed by atoms with Crippen LogP contribution in [0.15, 0.2) is 65.7 Å². The maximum atomic E-state index is 13.4. The Morgan fingerprint density at radius 2 is 1.62 bits per heavy atom. The van der Waals surface area contributed by atoms with E-state index in [0.29, 0.717) is 46.6 Å². The number of amides is 4. The smallest absolute Gasteiger partial charge is 0.323 e. The van der Waals surface area contributed by atoms with Gasteiger partial charge in [-0.3, -0.25) is 19.4 Å². The summed E-state index contributed by atoms with van der Waals surface area (Å²) >= 11 is 12.3. The van der Waals surface area contributed by atoms with Gasteiger partial charge in [-0.2, -0.15) is 5.10 Å². The molecule has 0 bridgehead atoms. The molecule has 0 atom stereocenters. The van der Waals surface area contributed by atoms with Crippen molar-refractivity contribution in [3.63, 3.8) is 0 Å². The van der Waals surface area contributed by atoms with Crippen LogP contribution in [0.2, 0.25) is 10.0 Å². The lowest BCUT2D eigenvalue weighted by atomic mass is 9.97. The number of rotatable bonds is 16. The molecule has 1 aliphatic rings. The minimum atomic E-state index is -0.738. The zero-order chi connectivity index (χ0) is 37.2. The number of urea groups is 1. The van der Waals surface area contributed by atoms with Gasteiger partial charge < -0.3 is 31.3 Å². The first-order valence-corrected chi connectivity index (χ1v) is 18.0. The van der Waals surface area contributed by atoms with Gasteiger partial charge in [-0.25, -0.2) is 9.48 Å². The number of benzene rings is 2. The molecule has 0 saturated heterocycles. The number of aromatic nitrogens is 3. The Morgan fingerprint density at radius 1 is 0.904 bits per heavy atom. The van der Waals surface area contributed by atoms with E-state index < -0.39 is 11.6 Å². The molecule has 5 N–H and O–H groups in total. The summed E-state index contributed by atoms with van der Waals surface area (Å²) < 4.78 is 1.24. The van der Waals surface area contributed by atoms with E-state index in [0.717, 1.165) is 38.6 Å². The van der Waals surface area contributed by atoms with Crippen LogP contribution >= 0.6 is 23.2 Å². The second kappa shape index (κ2) is 18.1. The number of carbonyl (C=O) groups excluding carboxylic acids is 3. The summed E-state index contributed by atoms with van der Waals surface area (Å²) in [6.07, 6.45) is 7.19. The third-order valence-electron chi connectivity index (χ3n) is 8.46. The molecule has 1 fully saturated rings. The maximum absolute atomic E-state index is 13.4. The van der Waals surface area contributed by atoms with Crippen LogP contribution in [0.3, 0.4) is 0 Å². The van der Waals surface area contributed by atoms with Crippen LogP contribution in [-0.2, 0) is 6.54 Å². The van der Waals surface area contributed by atoms with Gasteiger partial charge >= 0.3 is 6.03 Å². The molecule has 1 aliphatic carbocycles. The fraction of sp³-hybridized carbons (Fsp3) is 0.351. The monoisotopic (exact) mass is 748 g/mol. The average Bonchev–Trinajstić information content (AvgIpc) is 3.96. The lowest BCUT2D eigenvalue weighted by molar-refractivity contribution is 0.0950. The molecule has 1 saturated carbocycles. The number of aliphatic hydroxyl groups is 1. The molecular formula is C37H42Cl2N8O5. The Bertz CT molecular complexity index is 1960. The molecule has 0 unspecified atom stereocenters. The predicted molar refractivity (Wildman–Crippen MR) is 203 cm³/mol. The highest BCUT2D eigenvalue weighted by Gasteiger charge is 2.25. The van der Waals surface area contributed by atoms with E-state index in [2.05, 4.69) is 36.2 Å². The van der Waals surface area contributed by atoms with Crippen LogP contribution in [0.1, 0.15) is 59.7 Å². The normalized spacial score (nSPS) is 12.4. The first-order valence-electron chi connectivity index (χ1n) is 17.2. The highest BCUT2D eigenvalue weighted by atomic mass is 35.5. The van der Waals surface area contributed by atoms with Gasteiger partial charge in [0.25, 0.3) is 17.4 Å². The number of nitrogens with zero attached hydrogens (tertiary/aromatic N) is 4. The SMILES string of the molecule is CCn1nc(-c2cccc(-c3cc(C(=O)NCCCCCN(C)CCO)cc(C(=O)NC4CC4)c3)c2)cc(NC(=O)Nc2c(Cl)cncc2Cl)c1=O. The van der Waals surface area contributed by atoms with E-state index in [4.69, 9.17) is 28.3 Å². The van der Waals surface area contributed by atoms with Crippen molar-refractivity contribution in [2.45, 2.75) is 51.6 Å². The van der Waals surface area contributed by atoms with Gasteiger partial charge in [0, 0.05) is 54.8 Å². The van der Waals surface area contributed by atoms with Crippen molar-refractivity contribution in [2.75, 3.05) is 43.9 Å². The van der Waals surface area contributed by atoms with Crippen LogP contribution in [0, 0.1) is 0 Å². The quantitative estimate of drug-likeness (QED) is 0.0915. The summed E-state index contributed by atoms with van der Waals surface area (Å²) in [5.74, 6) is -0.530. The Balaban J connectivity index is 1.38. The summed E-state index contributed by atoms with van der Waals surface area (Å²) in [4.78, 5) is 58.6. The molecule has 2 heterocycles. The van der Waals surface area contributed by atoms with Crippen molar-refractivity contribution in [3.8, 4) is 22.4 Å². The van der Waals surface area contributed by atoms with Crippen molar-refractivity contribution >= 4 is 52.4 Å². The molecule has 0 spiro atoms. The average molecular weight is 750 g/mol. The molecule has 2 aromatic carbocycles. The zero-order valence-electron chi connectivity index (χ0n) is 29.0. The van der Waals surface area contributed by atoms with Crippen LogP contribution in [0.25, 0.3) is 22.4 Å². The van der Waals surface area contributed by atoms with Crippen LogP contribution in [0.5, 0.6) is 0 Å². The zero-order valence-corrected chi connectivity index (χ0v) is 30.6. The van der Waals surface area contributed by atoms with Gasteiger partial charge in [0.05, 0.1) is 28.0 Å². The highest BCUT2D eigenvalue weighted by Crippen LogP contribution is 2.30. The van der Waals surface area contributed by atoms with E-state index in [1.807, 2.05) is 31.3 Å². The minimum Gasteiger partial charge on any atom is -0.395 e. The molecule has 0 aliphatic heterocycles. The summed E-state index contributed by atoms with van der Waals surface area (Å²) in [6, 6.07) is 13.3. The number of nitrogens with one attached hydrogen (secondary N) is 4. The number of pyridine rings is 1. The van der Waals surface area contributed by atoms with E-state index in [9.17, 15) is 19.2 Å². The number of aliphatic hydroxyl groups excluding tert-OH is 1. The standard InChI is InChI=1S/C37H42Cl2N8O5/c1-3-47-36(51)32(43-37(52)44-33-29(38)21-40-22-30(33)39)20-31(45-47)24-9-7-8-23(16-24)25-17-26(19-27(18-25)35(50)42-28-10-11-28)34(49)41-12-5-4-6-13-46(2)14-15-48/h7-9,16-22,28,48H,3-6,10-15H2,1-2H3,(H,41,49)(H,42,50)(H2,40,43,44,52). The number of anilines is 2. The van der Waals surface area contributed by atoms with Crippen molar-refractivity contribution in [1.29, 1.82) is 0 Å². The second-order valence-electron chi connectivity index (χ2n) is 12.6. The number of halogens is 2. The van der Waals surface area contributed by atoms with Crippen molar-refractivity contribution < 1.29 is 19.5 Å². The van der Waals surface area contributed by atoms with Crippen molar-refractivity contribution in [1.82, 2.24) is 30.3 Å². The Hall–Kier alpha value is -4.82. The molecule has 2 aromatic heterocycles. The fourth-order valence-electron chi connectivity index (χ4n) is 5.47. The second-order valence-corrected chi connectivity index (χ2v) is 13.4. The first kappa shape index (κ1) is 38.4. The molecular weight excluding hydrogens is 707 g/mol. The molecule has 52 heavy (non-hydrogen) atoms.